The largest absolute Gasteiger partial charge is 0.345 e. The van der Waals surface area contributed by atoms with Gasteiger partial charge in [0.15, 0.2) is 0 Å². The molecule has 0 spiro atoms. The smallest absolute Gasteiger partial charge is 0.242 e. The summed E-state index contributed by atoms with van der Waals surface area (Å²) in [6, 6.07) is 17.0. The van der Waals surface area contributed by atoms with Crippen LogP contribution in [0.25, 0.3) is 0 Å². The first-order valence-electron chi connectivity index (χ1n) is 11.3. The van der Waals surface area contributed by atoms with E-state index in [2.05, 4.69) is 11.4 Å². The maximum Gasteiger partial charge on any atom is 0.242 e. The summed E-state index contributed by atoms with van der Waals surface area (Å²) in [6.45, 7) is 0.631. The third-order valence-corrected chi connectivity index (χ3v) is 6.69. The maximum atomic E-state index is 13.9. The van der Waals surface area contributed by atoms with Crippen molar-refractivity contribution in [2.75, 3.05) is 11.4 Å². The van der Waals surface area contributed by atoms with E-state index in [1.54, 1.807) is 0 Å². The summed E-state index contributed by atoms with van der Waals surface area (Å²) in [5, 5.41) is 2.92. The molecule has 2 amide bonds. The number of fused-ring (bicyclic) bond motifs is 1. The number of carbonyl (C=O) groups is 3. The summed E-state index contributed by atoms with van der Waals surface area (Å²) in [4.78, 5) is 41.0. The van der Waals surface area contributed by atoms with Crippen LogP contribution in [0.1, 0.15) is 49.7 Å². The SMILES string of the molecule is O=CC(Cc1ccccc1)NC(=O)C1(C(=O)N2CCCc3ccccc32)CCCCC1. The van der Waals surface area contributed by atoms with Crippen molar-refractivity contribution in [1.29, 1.82) is 0 Å². The van der Waals surface area contributed by atoms with Gasteiger partial charge in [-0.15, -0.1) is 0 Å². The predicted octanol–water partition coefficient (Wildman–Crippen LogP) is 3.84. The van der Waals surface area contributed by atoms with Gasteiger partial charge in [-0.25, -0.2) is 0 Å². The number of amides is 2. The minimum absolute atomic E-state index is 0.110. The van der Waals surface area contributed by atoms with Crippen LogP contribution in [0.2, 0.25) is 0 Å². The van der Waals surface area contributed by atoms with E-state index in [-0.39, 0.29) is 11.8 Å². The van der Waals surface area contributed by atoms with E-state index in [0.29, 0.717) is 25.8 Å². The van der Waals surface area contributed by atoms with Crippen LogP contribution in [0, 0.1) is 5.41 Å². The number of aldehydes is 1. The monoisotopic (exact) mass is 418 g/mol. The molecule has 0 aromatic heterocycles. The number of hydrogen-bond donors (Lipinski definition) is 1. The number of nitrogens with one attached hydrogen (secondary N) is 1. The van der Waals surface area contributed by atoms with Crippen molar-refractivity contribution in [3.63, 3.8) is 0 Å². The predicted molar refractivity (Wildman–Crippen MR) is 121 cm³/mol. The highest BCUT2D eigenvalue weighted by atomic mass is 16.2. The molecular formula is C26H30N2O3. The van der Waals surface area contributed by atoms with Crippen LogP contribution in [-0.2, 0) is 27.2 Å². The topological polar surface area (TPSA) is 66.5 Å². The molecule has 2 aliphatic rings. The normalized spacial score (nSPS) is 18.5. The van der Waals surface area contributed by atoms with Gasteiger partial charge in [0, 0.05) is 12.2 Å². The highest BCUT2D eigenvalue weighted by Crippen LogP contribution is 2.41. The average Bonchev–Trinajstić information content (AvgIpc) is 2.83. The highest BCUT2D eigenvalue weighted by Gasteiger charge is 2.49. The van der Waals surface area contributed by atoms with Crippen molar-refractivity contribution in [3.8, 4) is 0 Å². The van der Waals surface area contributed by atoms with Crippen molar-refractivity contribution in [2.24, 2.45) is 5.41 Å². The lowest BCUT2D eigenvalue weighted by molar-refractivity contribution is -0.145. The van der Waals surface area contributed by atoms with Crippen molar-refractivity contribution in [3.05, 3.63) is 65.7 Å². The number of anilines is 1. The molecule has 0 saturated heterocycles. The molecular weight excluding hydrogens is 388 g/mol. The molecule has 2 aromatic rings. The Bertz CT molecular complexity index is 935. The molecule has 1 unspecified atom stereocenters. The molecule has 0 bridgehead atoms. The molecule has 1 heterocycles. The quantitative estimate of drug-likeness (QED) is 0.573. The number of aryl methyl sites for hydroxylation is 1. The first kappa shape index (κ1) is 21.3. The van der Waals surface area contributed by atoms with Gasteiger partial charge in [-0.05, 0) is 49.3 Å². The number of hydrogen-bond acceptors (Lipinski definition) is 3. The summed E-state index contributed by atoms with van der Waals surface area (Å²) in [5.41, 5.74) is 1.96. The minimum Gasteiger partial charge on any atom is -0.345 e. The number of carbonyl (C=O) groups excluding carboxylic acids is 3. The number of rotatable bonds is 6. The standard InChI is InChI=1S/C26H30N2O3/c29-19-22(18-20-10-3-1-4-11-20)27-24(30)26(15-7-2-8-16-26)25(31)28-17-9-13-21-12-5-6-14-23(21)28/h1,3-6,10-12,14,19,22H,2,7-9,13,15-18H2,(H,27,30). The summed E-state index contributed by atoms with van der Waals surface area (Å²) in [7, 11) is 0. The minimum atomic E-state index is -1.10. The van der Waals surface area contributed by atoms with E-state index in [1.165, 1.54) is 0 Å². The molecule has 1 aliphatic heterocycles. The van der Waals surface area contributed by atoms with Crippen molar-refractivity contribution < 1.29 is 14.4 Å². The first-order chi connectivity index (χ1) is 15.1. The second-order valence-corrected chi connectivity index (χ2v) is 8.74. The molecule has 1 saturated carbocycles. The second-order valence-electron chi connectivity index (χ2n) is 8.74. The van der Waals surface area contributed by atoms with Crippen LogP contribution < -0.4 is 10.2 Å². The number of benzene rings is 2. The molecule has 1 atom stereocenters. The van der Waals surface area contributed by atoms with Gasteiger partial charge in [0.2, 0.25) is 11.8 Å². The Morgan fingerprint density at radius 2 is 1.68 bits per heavy atom. The van der Waals surface area contributed by atoms with Crippen LogP contribution in [0.3, 0.4) is 0 Å². The molecule has 5 nitrogen and oxygen atoms in total. The molecule has 1 fully saturated rings. The molecule has 162 valence electrons. The lowest BCUT2D eigenvalue weighted by Crippen LogP contribution is -2.56. The van der Waals surface area contributed by atoms with Gasteiger partial charge in [0.1, 0.15) is 11.7 Å². The average molecular weight is 419 g/mol. The highest BCUT2D eigenvalue weighted by molar-refractivity contribution is 6.12. The van der Waals surface area contributed by atoms with Crippen molar-refractivity contribution >= 4 is 23.8 Å². The van der Waals surface area contributed by atoms with Gasteiger partial charge in [0.25, 0.3) is 0 Å². The van der Waals surface area contributed by atoms with Gasteiger partial charge in [-0.1, -0.05) is 67.8 Å². The molecule has 1 N–H and O–H groups in total. The third-order valence-electron chi connectivity index (χ3n) is 6.69. The van der Waals surface area contributed by atoms with Gasteiger partial charge in [0.05, 0.1) is 6.04 Å². The van der Waals surface area contributed by atoms with Gasteiger partial charge >= 0.3 is 0 Å². The Morgan fingerprint density at radius 1 is 0.968 bits per heavy atom. The molecule has 5 heteroatoms. The summed E-state index contributed by atoms with van der Waals surface area (Å²) >= 11 is 0. The zero-order chi connectivity index (χ0) is 21.7. The molecule has 1 aliphatic carbocycles. The maximum absolute atomic E-state index is 13.9. The van der Waals surface area contributed by atoms with E-state index >= 15 is 0 Å². The number of para-hydroxylation sites is 1. The molecule has 0 radical (unpaired) electrons. The molecule has 31 heavy (non-hydrogen) atoms. The zero-order valence-electron chi connectivity index (χ0n) is 17.9. The fourth-order valence-corrected chi connectivity index (χ4v) is 5.00. The molecule has 4 rings (SSSR count). The van der Waals surface area contributed by atoms with Crippen molar-refractivity contribution in [2.45, 2.75) is 57.4 Å². The van der Waals surface area contributed by atoms with Gasteiger partial charge < -0.3 is 15.0 Å². The summed E-state index contributed by atoms with van der Waals surface area (Å²) in [6.07, 6.45) is 6.84. The Hall–Kier alpha value is -2.95. The summed E-state index contributed by atoms with van der Waals surface area (Å²) < 4.78 is 0. The lowest BCUT2D eigenvalue weighted by Gasteiger charge is -2.40. The van der Waals surface area contributed by atoms with E-state index in [1.807, 2.05) is 53.4 Å². The number of nitrogens with zero attached hydrogens (tertiary/aromatic N) is 1. The first-order valence-corrected chi connectivity index (χ1v) is 11.3. The van der Waals surface area contributed by atoms with E-state index in [9.17, 15) is 14.4 Å². The van der Waals surface area contributed by atoms with Crippen LogP contribution in [0.15, 0.2) is 54.6 Å². The van der Waals surface area contributed by atoms with E-state index < -0.39 is 11.5 Å². The van der Waals surface area contributed by atoms with Crippen LogP contribution in [0.5, 0.6) is 0 Å². The summed E-state index contributed by atoms with van der Waals surface area (Å²) in [5.74, 6) is -0.408. The fourth-order valence-electron chi connectivity index (χ4n) is 5.00. The third kappa shape index (κ3) is 4.41. The van der Waals surface area contributed by atoms with E-state index in [0.717, 1.165) is 55.2 Å². The second kappa shape index (κ2) is 9.46. The Morgan fingerprint density at radius 3 is 2.42 bits per heavy atom. The van der Waals surface area contributed by atoms with Crippen LogP contribution in [0.4, 0.5) is 5.69 Å². The Balaban J connectivity index is 1.58. The Labute approximate surface area is 183 Å². The van der Waals surface area contributed by atoms with E-state index in [4.69, 9.17) is 0 Å². The van der Waals surface area contributed by atoms with Crippen LogP contribution >= 0.6 is 0 Å². The Kier molecular flexibility index (Phi) is 6.50. The zero-order valence-corrected chi connectivity index (χ0v) is 17.9. The fraction of sp³-hybridized carbons (Fsp3) is 0.423. The van der Waals surface area contributed by atoms with Crippen molar-refractivity contribution in [1.82, 2.24) is 5.32 Å². The lowest BCUT2D eigenvalue weighted by atomic mass is 9.71. The van der Waals surface area contributed by atoms with Crippen LogP contribution in [-0.4, -0.2) is 30.7 Å². The molecule has 2 aromatic carbocycles. The van der Waals surface area contributed by atoms with Gasteiger partial charge in [-0.2, -0.15) is 0 Å². The van der Waals surface area contributed by atoms with Gasteiger partial charge in [-0.3, -0.25) is 9.59 Å².